The normalized spacial score (nSPS) is 10.2. The van der Waals surface area contributed by atoms with Crippen molar-refractivity contribution >= 4 is 5.78 Å². The van der Waals surface area contributed by atoms with Crippen LogP contribution in [0, 0.1) is 0 Å². The average Bonchev–Trinajstić information content (AvgIpc) is 2.71. The third-order valence-electron chi connectivity index (χ3n) is 2.31. The molecule has 1 aromatic carbocycles. The molecule has 1 aromatic heterocycles. The molecular formula is C11H11N2O4+. The summed E-state index contributed by atoms with van der Waals surface area (Å²) in [6, 6.07) is 6.98. The molecule has 0 spiro atoms. The number of nitrogens with zero attached hydrogens (tertiary/aromatic N) is 1. The topological polar surface area (TPSA) is 76.2 Å². The Morgan fingerprint density at radius 3 is 2.76 bits per heavy atom. The Labute approximate surface area is 96.4 Å². The van der Waals surface area contributed by atoms with Gasteiger partial charge in [-0.3, -0.25) is 9.32 Å². The van der Waals surface area contributed by atoms with Gasteiger partial charge in [0.15, 0.2) is 5.75 Å². The van der Waals surface area contributed by atoms with E-state index in [2.05, 4.69) is 9.79 Å². The van der Waals surface area contributed by atoms with E-state index in [0.29, 0.717) is 11.4 Å². The van der Waals surface area contributed by atoms with E-state index in [1.807, 2.05) is 0 Å². The lowest BCUT2D eigenvalue weighted by atomic mass is 10.2. The van der Waals surface area contributed by atoms with Gasteiger partial charge in [0.05, 0.1) is 7.11 Å². The van der Waals surface area contributed by atoms with Crippen LogP contribution in [0.5, 0.6) is 5.75 Å². The summed E-state index contributed by atoms with van der Waals surface area (Å²) in [4.78, 5) is 22.8. The first-order chi connectivity index (χ1) is 8.15. The second-order valence-corrected chi connectivity index (χ2v) is 3.39. The summed E-state index contributed by atoms with van der Waals surface area (Å²) >= 11 is 0. The maximum Gasteiger partial charge on any atom is 0.438 e. The number of carbonyl (C=O) groups is 1. The zero-order chi connectivity index (χ0) is 12.4. The SMILES string of the molecule is COc1ccccc1-[n+]1[nH]oc(=O)c1C(C)=O. The van der Waals surface area contributed by atoms with Gasteiger partial charge in [0.25, 0.3) is 5.69 Å². The number of Topliss-reactive ketones (excluding diaryl/α,β-unsaturated/α-hetero) is 1. The van der Waals surface area contributed by atoms with Crippen LogP contribution in [-0.2, 0) is 0 Å². The number of nitrogens with one attached hydrogen (secondary N) is 1. The van der Waals surface area contributed by atoms with Gasteiger partial charge in [0.1, 0.15) is 0 Å². The predicted octanol–water partition coefficient (Wildman–Crippen LogP) is 0.456. The Hall–Kier alpha value is -2.37. The second kappa shape index (κ2) is 4.25. The fourth-order valence-electron chi connectivity index (χ4n) is 1.56. The van der Waals surface area contributed by atoms with Crippen LogP contribution in [0.25, 0.3) is 5.69 Å². The molecule has 0 aliphatic heterocycles. The minimum atomic E-state index is -0.705. The quantitative estimate of drug-likeness (QED) is 0.619. The van der Waals surface area contributed by atoms with Crippen LogP contribution in [0.1, 0.15) is 17.4 Å². The van der Waals surface area contributed by atoms with Crippen LogP contribution in [-0.4, -0.2) is 18.2 Å². The third kappa shape index (κ3) is 1.84. The monoisotopic (exact) mass is 235 g/mol. The number of para-hydroxylation sites is 2. The highest BCUT2D eigenvalue weighted by Crippen LogP contribution is 2.16. The molecule has 0 fully saturated rings. The van der Waals surface area contributed by atoms with Gasteiger partial charge < -0.3 is 4.74 Å². The molecule has 2 rings (SSSR count). The maximum atomic E-state index is 11.4. The van der Waals surface area contributed by atoms with Crippen LogP contribution in [0.3, 0.4) is 0 Å². The molecule has 2 aromatic rings. The standard InChI is InChI=1S/C11H10N2O4/c1-7(14)10-11(15)17-12-13(10)8-5-3-4-6-9(8)16-2/h3-6H,1-2H3/p+1. The number of benzene rings is 1. The molecule has 6 nitrogen and oxygen atoms in total. The lowest BCUT2D eigenvalue weighted by molar-refractivity contribution is -0.672. The zero-order valence-corrected chi connectivity index (χ0v) is 9.39. The van der Waals surface area contributed by atoms with E-state index in [4.69, 9.17) is 4.74 Å². The number of hydrogen-bond donors (Lipinski definition) is 1. The predicted molar refractivity (Wildman–Crippen MR) is 57.4 cm³/mol. The third-order valence-corrected chi connectivity index (χ3v) is 2.31. The number of rotatable bonds is 3. The molecule has 17 heavy (non-hydrogen) atoms. The summed E-state index contributed by atoms with van der Waals surface area (Å²) in [6.07, 6.45) is 0. The Kier molecular flexibility index (Phi) is 2.78. The fourth-order valence-corrected chi connectivity index (χ4v) is 1.56. The Morgan fingerprint density at radius 2 is 2.12 bits per heavy atom. The van der Waals surface area contributed by atoms with Crippen molar-refractivity contribution in [3.8, 4) is 11.4 Å². The van der Waals surface area contributed by atoms with Crippen molar-refractivity contribution in [2.45, 2.75) is 6.92 Å². The molecule has 0 saturated heterocycles. The van der Waals surface area contributed by atoms with Gasteiger partial charge >= 0.3 is 11.3 Å². The molecule has 0 aliphatic carbocycles. The van der Waals surface area contributed by atoms with Crippen molar-refractivity contribution in [2.24, 2.45) is 0 Å². The van der Waals surface area contributed by atoms with Gasteiger partial charge in [0, 0.05) is 13.0 Å². The first-order valence-corrected chi connectivity index (χ1v) is 4.93. The van der Waals surface area contributed by atoms with Gasteiger partial charge in [-0.15, -0.1) is 0 Å². The average molecular weight is 235 g/mol. The smallest absolute Gasteiger partial charge is 0.438 e. The molecule has 6 heteroatoms. The molecule has 0 radical (unpaired) electrons. The Bertz CT molecular complexity index is 612. The fraction of sp³-hybridized carbons (Fsp3) is 0.182. The summed E-state index contributed by atoms with van der Waals surface area (Å²) < 4.78 is 11.0. The van der Waals surface area contributed by atoms with E-state index in [1.54, 1.807) is 24.3 Å². The van der Waals surface area contributed by atoms with E-state index in [-0.39, 0.29) is 11.5 Å². The lowest BCUT2D eigenvalue weighted by Crippen LogP contribution is -2.40. The van der Waals surface area contributed by atoms with Gasteiger partial charge in [0.2, 0.25) is 5.78 Å². The molecule has 0 saturated carbocycles. The second-order valence-electron chi connectivity index (χ2n) is 3.39. The highest BCUT2D eigenvalue weighted by atomic mass is 16.5. The molecule has 1 N–H and O–H groups in total. The van der Waals surface area contributed by atoms with Crippen molar-refractivity contribution in [3.63, 3.8) is 0 Å². The first kappa shape index (κ1) is 11.1. The maximum absolute atomic E-state index is 11.4. The van der Waals surface area contributed by atoms with Crippen LogP contribution >= 0.6 is 0 Å². The van der Waals surface area contributed by atoms with Crippen LogP contribution in [0.4, 0.5) is 0 Å². The van der Waals surface area contributed by atoms with E-state index in [0.717, 1.165) is 0 Å². The highest BCUT2D eigenvalue weighted by Gasteiger charge is 2.29. The van der Waals surface area contributed by atoms with Crippen molar-refractivity contribution in [2.75, 3.05) is 7.11 Å². The number of H-pyrrole nitrogens is 1. The number of ether oxygens (including phenoxy) is 1. The largest absolute Gasteiger partial charge is 0.490 e. The van der Waals surface area contributed by atoms with Crippen LogP contribution in [0.2, 0.25) is 0 Å². The molecule has 0 bridgehead atoms. The summed E-state index contributed by atoms with van der Waals surface area (Å²) in [5, 5.41) is 2.37. The van der Waals surface area contributed by atoms with E-state index < -0.39 is 5.63 Å². The highest BCUT2D eigenvalue weighted by molar-refractivity contribution is 5.90. The number of carbonyl (C=O) groups excluding carboxylic acids is 1. The van der Waals surface area contributed by atoms with Gasteiger partial charge in [-0.25, -0.2) is 4.79 Å². The first-order valence-electron chi connectivity index (χ1n) is 4.93. The molecule has 0 atom stereocenters. The van der Waals surface area contributed by atoms with E-state index in [1.165, 1.54) is 18.7 Å². The summed E-state index contributed by atoms with van der Waals surface area (Å²) in [5.41, 5.74) is -0.246. The minimum Gasteiger partial charge on any atom is -0.490 e. The summed E-state index contributed by atoms with van der Waals surface area (Å²) in [6.45, 7) is 1.30. The zero-order valence-electron chi connectivity index (χ0n) is 9.39. The minimum absolute atomic E-state index is 0.0745. The van der Waals surface area contributed by atoms with E-state index in [9.17, 15) is 9.59 Å². The Morgan fingerprint density at radius 1 is 1.41 bits per heavy atom. The van der Waals surface area contributed by atoms with Crippen molar-refractivity contribution < 1.29 is 18.7 Å². The number of methoxy groups -OCH3 is 1. The van der Waals surface area contributed by atoms with Gasteiger partial charge in [-0.05, 0) is 16.0 Å². The molecule has 1 heterocycles. The number of hydrogen-bond acceptors (Lipinski definition) is 4. The van der Waals surface area contributed by atoms with Gasteiger partial charge in [-0.2, -0.15) is 0 Å². The van der Waals surface area contributed by atoms with Crippen molar-refractivity contribution in [3.05, 3.63) is 40.4 Å². The molecular weight excluding hydrogens is 224 g/mol. The summed E-state index contributed by atoms with van der Waals surface area (Å²) in [7, 11) is 1.50. The molecule has 0 aliphatic rings. The number of ketones is 1. The van der Waals surface area contributed by atoms with Crippen molar-refractivity contribution in [1.82, 2.24) is 5.27 Å². The lowest BCUT2D eigenvalue weighted by Gasteiger charge is -1.99. The number of aromatic amines is 1. The van der Waals surface area contributed by atoms with Crippen molar-refractivity contribution in [1.29, 1.82) is 0 Å². The molecule has 0 amide bonds. The molecule has 0 unspecified atom stereocenters. The summed E-state index contributed by atoms with van der Waals surface area (Å²) in [5.74, 6) is 0.142. The van der Waals surface area contributed by atoms with Crippen LogP contribution < -0.4 is 15.0 Å². The number of aromatic nitrogens is 2. The van der Waals surface area contributed by atoms with Gasteiger partial charge in [-0.1, -0.05) is 12.1 Å². The van der Waals surface area contributed by atoms with Crippen LogP contribution in [0.15, 0.2) is 33.6 Å². The van der Waals surface area contributed by atoms with E-state index >= 15 is 0 Å². The Balaban J connectivity index is 2.69. The molecule has 88 valence electrons.